The van der Waals surface area contributed by atoms with E-state index in [0.717, 1.165) is 27.8 Å². The number of nitrogens with two attached hydrogens (primary N) is 1. The van der Waals surface area contributed by atoms with E-state index < -0.39 is 0 Å². The summed E-state index contributed by atoms with van der Waals surface area (Å²) in [5.74, 6) is 1.40. The third-order valence-corrected chi connectivity index (χ3v) is 4.24. The SMILES string of the molecule is Cc1nn(C)c(C)c1Oc1nc2sccn2c1CC(C)N. The lowest BCUT2D eigenvalue weighted by molar-refractivity contribution is 0.449. The summed E-state index contributed by atoms with van der Waals surface area (Å²) in [5.41, 5.74) is 8.80. The summed E-state index contributed by atoms with van der Waals surface area (Å²) >= 11 is 1.58. The summed E-state index contributed by atoms with van der Waals surface area (Å²) < 4.78 is 9.93. The molecule has 2 N–H and O–H groups in total. The van der Waals surface area contributed by atoms with Crippen LogP contribution in [0.25, 0.3) is 4.96 Å². The zero-order chi connectivity index (χ0) is 15.1. The first-order valence-corrected chi connectivity index (χ1v) is 7.73. The van der Waals surface area contributed by atoms with Gasteiger partial charge in [0.1, 0.15) is 5.69 Å². The Labute approximate surface area is 127 Å². The number of hydrogen-bond acceptors (Lipinski definition) is 5. The standard InChI is InChI=1S/C14H19N5OS/c1-8(15)7-11-13(16-14-19(11)5-6-21-14)20-12-9(2)17-18(4)10(12)3/h5-6,8H,7,15H2,1-4H3. The van der Waals surface area contributed by atoms with E-state index >= 15 is 0 Å². The molecule has 0 aliphatic rings. The van der Waals surface area contributed by atoms with E-state index in [1.807, 2.05) is 48.5 Å². The maximum absolute atomic E-state index is 6.07. The van der Waals surface area contributed by atoms with E-state index in [0.29, 0.717) is 12.3 Å². The van der Waals surface area contributed by atoms with E-state index in [2.05, 4.69) is 10.1 Å². The van der Waals surface area contributed by atoms with Gasteiger partial charge in [-0.15, -0.1) is 11.3 Å². The largest absolute Gasteiger partial charge is 0.433 e. The average Bonchev–Trinajstić information content (AvgIpc) is 3.03. The molecule has 0 saturated heterocycles. The van der Waals surface area contributed by atoms with Crippen molar-refractivity contribution in [3.8, 4) is 11.6 Å². The molecule has 0 aromatic carbocycles. The highest BCUT2D eigenvalue weighted by Gasteiger charge is 2.19. The van der Waals surface area contributed by atoms with Crippen LogP contribution in [0.2, 0.25) is 0 Å². The third-order valence-electron chi connectivity index (χ3n) is 3.48. The molecule has 1 unspecified atom stereocenters. The van der Waals surface area contributed by atoms with Crippen molar-refractivity contribution >= 4 is 16.3 Å². The van der Waals surface area contributed by atoms with Crippen molar-refractivity contribution in [2.75, 3.05) is 0 Å². The predicted octanol–water partition coefficient (Wildman–Crippen LogP) is 2.43. The highest BCUT2D eigenvalue weighted by molar-refractivity contribution is 7.15. The smallest absolute Gasteiger partial charge is 0.242 e. The molecule has 3 heterocycles. The lowest BCUT2D eigenvalue weighted by atomic mass is 10.2. The van der Waals surface area contributed by atoms with Gasteiger partial charge in [-0.2, -0.15) is 10.1 Å². The van der Waals surface area contributed by atoms with Crippen LogP contribution in [-0.2, 0) is 13.5 Å². The van der Waals surface area contributed by atoms with Crippen molar-refractivity contribution in [1.82, 2.24) is 19.2 Å². The first-order chi connectivity index (χ1) is 9.97. The van der Waals surface area contributed by atoms with Gasteiger partial charge < -0.3 is 10.5 Å². The zero-order valence-electron chi connectivity index (χ0n) is 12.6. The molecule has 21 heavy (non-hydrogen) atoms. The minimum absolute atomic E-state index is 0.0447. The Balaban J connectivity index is 2.05. The maximum Gasteiger partial charge on any atom is 0.242 e. The molecule has 6 nitrogen and oxygen atoms in total. The molecular weight excluding hydrogens is 286 g/mol. The molecule has 112 valence electrons. The fourth-order valence-electron chi connectivity index (χ4n) is 2.38. The molecule has 0 spiro atoms. The van der Waals surface area contributed by atoms with Gasteiger partial charge in [0.05, 0.1) is 11.4 Å². The monoisotopic (exact) mass is 305 g/mol. The van der Waals surface area contributed by atoms with Crippen molar-refractivity contribution in [2.45, 2.75) is 33.2 Å². The van der Waals surface area contributed by atoms with Gasteiger partial charge in [-0.3, -0.25) is 9.08 Å². The van der Waals surface area contributed by atoms with E-state index in [-0.39, 0.29) is 6.04 Å². The minimum Gasteiger partial charge on any atom is -0.433 e. The van der Waals surface area contributed by atoms with Crippen molar-refractivity contribution < 1.29 is 4.74 Å². The Morgan fingerprint density at radius 3 is 2.81 bits per heavy atom. The fraction of sp³-hybridized carbons (Fsp3) is 0.429. The number of imidazole rings is 1. The second-order valence-electron chi connectivity index (χ2n) is 5.33. The van der Waals surface area contributed by atoms with Gasteiger partial charge in [-0.1, -0.05) is 0 Å². The average molecular weight is 305 g/mol. The molecule has 7 heteroatoms. The molecule has 1 atom stereocenters. The molecule has 0 amide bonds. The highest BCUT2D eigenvalue weighted by Crippen LogP contribution is 2.32. The number of nitrogens with zero attached hydrogens (tertiary/aromatic N) is 4. The summed E-state index contributed by atoms with van der Waals surface area (Å²) in [6.45, 7) is 5.90. The molecule has 0 aliphatic heterocycles. The second-order valence-corrected chi connectivity index (χ2v) is 6.20. The lowest BCUT2D eigenvalue weighted by Crippen LogP contribution is -2.19. The molecular formula is C14H19N5OS. The number of hydrogen-bond donors (Lipinski definition) is 1. The van der Waals surface area contributed by atoms with E-state index in [4.69, 9.17) is 10.5 Å². The number of aromatic nitrogens is 4. The van der Waals surface area contributed by atoms with E-state index in [1.165, 1.54) is 0 Å². The third kappa shape index (κ3) is 2.43. The topological polar surface area (TPSA) is 70.4 Å². The maximum atomic E-state index is 6.07. The Kier molecular flexibility index (Phi) is 3.46. The van der Waals surface area contributed by atoms with Gasteiger partial charge in [0.15, 0.2) is 10.7 Å². The number of ether oxygens (including phenoxy) is 1. The highest BCUT2D eigenvalue weighted by atomic mass is 32.1. The molecule has 0 saturated carbocycles. The Bertz CT molecular complexity index is 783. The van der Waals surface area contributed by atoms with Crippen LogP contribution in [0.1, 0.15) is 24.0 Å². The van der Waals surface area contributed by atoms with Gasteiger partial charge in [0.25, 0.3) is 0 Å². The number of rotatable bonds is 4. The molecule has 3 aromatic heterocycles. The summed E-state index contributed by atoms with van der Waals surface area (Å²) in [7, 11) is 1.91. The molecule has 3 aromatic rings. The van der Waals surface area contributed by atoms with Crippen molar-refractivity contribution in [3.63, 3.8) is 0 Å². The molecule has 0 radical (unpaired) electrons. The van der Waals surface area contributed by atoms with Crippen LogP contribution >= 0.6 is 11.3 Å². The first kappa shape index (κ1) is 14.1. The van der Waals surface area contributed by atoms with Crippen LogP contribution in [0.15, 0.2) is 11.6 Å². The summed E-state index contributed by atoms with van der Waals surface area (Å²) in [6, 6.07) is 0.0447. The van der Waals surface area contributed by atoms with Crippen LogP contribution in [0.3, 0.4) is 0 Å². The summed E-state index contributed by atoms with van der Waals surface area (Å²) in [5, 5.41) is 6.39. The van der Waals surface area contributed by atoms with Gasteiger partial charge in [-0.05, 0) is 20.8 Å². The van der Waals surface area contributed by atoms with Crippen molar-refractivity contribution in [2.24, 2.45) is 12.8 Å². The minimum atomic E-state index is 0.0447. The van der Waals surface area contributed by atoms with Gasteiger partial charge in [0.2, 0.25) is 5.88 Å². The molecule has 0 fully saturated rings. The van der Waals surface area contributed by atoms with Crippen LogP contribution < -0.4 is 10.5 Å². The fourth-order valence-corrected chi connectivity index (χ4v) is 3.11. The van der Waals surface area contributed by atoms with Crippen LogP contribution in [0.5, 0.6) is 11.6 Å². The number of thiazole rings is 1. The van der Waals surface area contributed by atoms with Crippen molar-refractivity contribution in [3.05, 3.63) is 28.7 Å². The molecule has 0 bridgehead atoms. The number of fused-ring (bicyclic) bond motifs is 1. The Morgan fingerprint density at radius 2 is 2.19 bits per heavy atom. The van der Waals surface area contributed by atoms with Gasteiger partial charge in [-0.25, -0.2) is 0 Å². The van der Waals surface area contributed by atoms with Gasteiger partial charge in [0, 0.05) is 31.1 Å². The lowest BCUT2D eigenvalue weighted by Gasteiger charge is -2.08. The Hall–Kier alpha value is -1.86. The van der Waals surface area contributed by atoms with Crippen LogP contribution in [0.4, 0.5) is 0 Å². The second kappa shape index (κ2) is 5.16. The molecule has 0 aliphatic carbocycles. The summed E-state index contributed by atoms with van der Waals surface area (Å²) in [6.07, 6.45) is 2.71. The predicted molar refractivity (Wildman–Crippen MR) is 83.2 cm³/mol. The number of aryl methyl sites for hydroxylation is 2. The quantitative estimate of drug-likeness (QED) is 0.803. The van der Waals surface area contributed by atoms with E-state index in [1.54, 1.807) is 11.3 Å². The van der Waals surface area contributed by atoms with Crippen LogP contribution in [-0.4, -0.2) is 25.2 Å². The van der Waals surface area contributed by atoms with Gasteiger partial charge >= 0.3 is 0 Å². The first-order valence-electron chi connectivity index (χ1n) is 6.85. The Morgan fingerprint density at radius 1 is 1.43 bits per heavy atom. The molecule has 3 rings (SSSR count). The normalized spacial score (nSPS) is 13.0. The van der Waals surface area contributed by atoms with Crippen molar-refractivity contribution in [1.29, 1.82) is 0 Å². The zero-order valence-corrected chi connectivity index (χ0v) is 13.4. The van der Waals surface area contributed by atoms with E-state index in [9.17, 15) is 0 Å². The summed E-state index contributed by atoms with van der Waals surface area (Å²) in [4.78, 5) is 5.50. The van der Waals surface area contributed by atoms with Crippen LogP contribution in [0, 0.1) is 13.8 Å².